The zero-order valence-corrected chi connectivity index (χ0v) is 27.3. The van der Waals surface area contributed by atoms with Gasteiger partial charge in [0, 0.05) is 48.0 Å². The summed E-state index contributed by atoms with van der Waals surface area (Å²) < 4.78 is 27.4. The molecule has 5 nitrogen and oxygen atoms in total. The van der Waals surface area contributed by atoms with Crippen molar-refractivity contribution in [1.82, 2.24) is 0 Å². The van der Waals surface area contributed by atoms with E-state index >= 15 is 0 Å². The lowest BCUT2D eigenvalue weighted by Crippen LogP contribution is -2.38. The van der Waals surface area contributed by atoms with E-state index in [1.807, 2.05) is 0 Å². The van der Waals surface area contributed by atoms with E-state index in [2.05, 4.69) is 109 Å². The number of anilines is 3. The summed E-state index contributed by atoms with van der Waals surface area (Å²) in [6, 6.07) is 21.0. The summed E-state index contributed by atoms with van der Waals surface area (Å²) in [5.74, 6) is 2.11. The molecule has 0 radical (unpaired) electrons. The van der Waals surface area contributed by atoms with Gasteiger partial charge in [-0.2, -0.15) is 0 Å². The van der Waals surface area contributed by atoms with Crippen molar-refractivity contribution in [3.8, 4) is 23.0 Å². The topological polar surface area (TPSA) is 40.2 Å². The summed E-state index contributed by atoms with van der Waals surface area (Å²) in [5.41, 5.74) is 3.05. The largest absolute Gasteiger partial charge is 0.448 e. The lowest BCUT2D eigenvalue weighted by Gasteiger charge is -2.28. The minimum Gasteiger partial charge on any atom is -0.448 e. The Morgan fingerprint density at radius 3 is 1.24 bits per heavy atom. The molecule has 0 amide bonds. The third-order valence-corrected chi connectivity index (χ3v) is 8.81. The summed E-state index contributed by atoms with van der Waals surface area (Å²) >= 11 is 3.60. The van der Waals surface area contributed by atoms with Gasteiger partial charge in [0.25, 0.3) is 11.6 Å². The van der Waals surface area contributed by atoms with E-state index in [0.29, 0.717) is 0 Å². The van der Waals surface area contributed by atoms with Crippen LogP contribution in [0.15, 0.2) is 65.1 Å². The maximum absolute atomic E-state index is 6.66. The number of rotatable bonds is 15. The average molecular weight is 637 g/mol. The number of nitrogens with zero attached hydrogens (tertiary/aromatic N) is 1. The molecule has 0 saturated carbocycles. The summed E-state index contributed by atoms with van der Waals surface area (Å²) in [6.07, 6.45) is 12.3. The van der Waals surface area contributed by atoms with Gasteiger partial charge in [-0.3, -0.25) is 0 Å². The minimum atomic E-state index is -0.575. The minimum absolute atomic E-state index is 0.575. The van der Waals surface area contributed by atoms with Crippen LogP contribution in [0.25, 0.3) is 0 Å². The van der Waals surface area contributed by atoms with Gasteiger partial charge in [0.15, 0.2) is 23.0 Å². The molecule has 42 heavy (non-hydrogen) atoms. The second-order valence-corrected chi connectivity index (χ2v) is 12.6. The SMILES string of the molecule is CCCCC1(CCCC)Oc2ccc(N(c3ccc(Br)cc3)c3ccc4c(c3)OC(CCCC)(CCCC)O4)cc2O1. The smallest absolute Gasteiger partial charge is 0.251 e. The Balaban J connectivity index is 1.49. The number of halogens is 1. The van der Waals surface area contributed by atoms with Crippen molar-refractivity contribution in [2.45, 2.75) is 116 Å². The molecule has 3 aromatic rings. The van der Waals surface area contributed by atoms with Gasteiger partial charge in [0.1, 0.15) is 0 Å². The van der Waals surface area contributed by atoms with E-state index in [9.17, 15) is 0 Å². The van der Waals surface area contributed by atoms with Crippen molar-refractivity contribution in [3.63, 3.8) is 0 Å². The molecule has 226 valence electrons. The van der Waals surface area contributed by atoms with E-state index in [0.717, 1.165) is 122 Å². The molecule has 0 aromatic heterocycles. The number of ether oxygens (including phenoxy) is 4. The first kappa shape index (κ1) is 30.6. The van der Waals surface area contributed by atoms with Crippen LogP contribution < -0.4 is 23.8 Å². The Morgan fingerprint density at radius 2 is 0.857 bits per heavy atom. The molecule has 0 fully saturated rings. The van der Waals surface area contributed by atoms with Crippen LogP contribution in [0.2, 0.25) is 0 Å². The molecule has 6 heteroatoms. The zero-order chi connectivity index (χ0) is 29.6. The van der Waals surface area contributed by atoms with Gasteiger partial charge in [-0.25, -0.2) is 0 Å². The first-order valence-electron chi connectivity index (χ1n) is 16.0. The fourth-order valence-electron chi connectivity index (χ4n) is 5.92. The van der Waals surface area contributed by atoms with Crippen molar-refractivity contribution in [1.29, 1.82) is 0 Å². The molecule has 0 unspecified atom stereocenters. The summed E-state index contributed by atoms with van der Waals surface area (Å²) in [7, 11) is 0. The van der Waals surface area contributed by atoms with Crippen LogP contribution in [0.4, 0.5) is 17.1 Å². The third kappa shape index (κ3) is 6.69. The number of hydrogen-bond donors (Lipinski definition) is 0. The quantitative estimate of drug-likeness (QED) is 0.166. The van der Waals surface area contributed by atoms with Crippen LogP contribution >= 0.6 is 15.9 Å². The maximum atomic E-state index is 6.66. The third-order valence-electron chi connectivity index (χ3n) is 8.28. The van der Waals surface area contributed by atoms with Crippen LogP contribution in [0.1, 0.15) is 105 Å². The lowest BCUT2D eigenvalue weighted by atomic mass is 10.0. The van der Waals surface area contributed by atoms with Gasteiger partial charge in [0.2, 0.25) is 0 Å². The van der Waals surface area contributed by atoms with Gasteiger partial charge in [-0.05, 0) is 74.2 Å². The lowest BCUT2D eigenvalue weighted by molar-refractivity contribution is -0.0948. The number of hydrogen-bond acceptors (Lipinski definition) is 5. The van der Waals surface area contributed by atoms with E-state index in [4.69, 9.17) is 18.9 Å². The fraction of sp³-hybridized carbons (Fsp3) is 0.500. The Labute approximate surface area is 260 Å². The molecule has 2 aliphatic rings. The standard InChI is InChI=1S/C36H46BrNO4/c1-5-9-21-35(22-10-6-2)39-31-19-17-29(25-33(31)41-35)38(28-15-13-27(37)14-16-28)30-18-20-32-34(26-30)42-36(40-32,23-11-7-3)24-12-8-4/h13-20,25-26H,5-12,21-24H2,1-4H3. The van der Waals surface area contributed by atoms with Gasteiger partial charge >= 0.3 is 0 Å². The average Bonchev–Trinajstić information content (AvgIpc) is 3.56. The molecule has 0 N–H and O–H groups in total. The first-order valence-corrected chi connectivity index (χ1v) is 16.8. The van der Waals surface area contributed by atoms with Gasteiger partial charge in [-0.15, -0.1) is 0 Å². The first-order chi connectivity index (χ1) is 20.4. The van der Waals surface area contributed by atoms with E-state index in [1.54, 1.807) is 0 Å². The summed E-state index contributed by atoms with van der Waals surface area (Å²) in [6.45, 7) is 8.86. The highest BCUT2D eigenvalue weighted by molar-refractivity contribution is 9.10. The van der Waals surface area contributed by atoms with Crippen LogP contribution in [0.3, 0.4) is 0 Å². The monoisotopic (exact) mass is 635 g/mol. The van der Waals surface area contributed by atoms with Crippen molar-refractivity contribution < 1.29 is 18.9 Å². The van der Waals surface area contributed by atoms with Crippen molar-refractivity contribution in [2.75, 3.05) is 4.90 Å². The van der Waals surface area contributed by atoms with Crippen LogP contribution in [-0.2, 0) is 0 Å². The zero-order valence-electron chi connectivity index (χ0n) is 25.7. The number of unbranched alkanes of at least 4 members (excludes halogenated alkanes) is 4. The molecule has 5 rings (SSSR count). The van der Waals surface area contributed by atoms with Gasteiger partial charge < -0.3 is 23.8 Å². The Hall–Kier alpha value is -2.86. The van der Waals surface area contributed by atoms with Crippen molar-refractivity contribution >= 4 is 33.0 Å². The Bertz CT molecular complexity index is 1230. The molecule has 0 spiro atoms. The highest BCUT2D eigenvalue weighted by Crippen LogP contribution is 2.50. The number of benzene rings is 3. The highest BCUT2D eigenvalue weighted by Gasteiger charge is 2.42. The second kappa shape index (κ2) is 13.6. The van der Waals surface area contributed by atoms with E-state index in [-0.39, 0.29) is 0 Å². The molecule has 3 aromatic carbocycles. The molecule has 0 bridgehead atoms. The molecule has 2 heterocycles. The Morgan fingerprint density at radius 1 is 0.500 bits per heavy atom. The Kier molecular flexibility index (Phi) is 9.92. The van der Waals surface area contributed by atoms with Crippen LogP contribution in [0.5, 0.6) is 23.0 Å². The normalized spacial score (nSPS) is 15.6. The van der Waals surface area contributed by atoms with E-state index in [1.165, 1.54) is 0 Å². The van der Waals surface area contributed by atoms with Crippen LogP contribution in [-0.4, -0.2) is 11.6 Å². The number of fused-ring (bicyclic) bond motifs is 2. The molecule has 0 saturated heterocycles. The summed E-state index contributed by atoms with van der Waals surface area (Å²) in [4.78, 5) is 2.25. The molecule has 0 aliphatic carbocycles. The maximum Gasteiger partial charge on any atom is 0.251 e. The molecular weight excluding hydrogens is 590 g/mol. The fourth-order valence-corrected chi connectivity index (χ4v) is 6.19. The highest BCUT2D eigenvalue weighted by atomic mass is 79.9. The predicted octanol–water partition coefficient (Wildman–Crippen LogP) is 11.6. The van der Waals surface area contributed by atoms with Gasteiger partial charge in [-0.1, -0.05) is 69.3 Å². The van der Waals surface area contributed by atoms with Crippen LogP contribution in [0, 0.1) is 0 Å². The van der Waals surface area contributed by atoms with E-state index < -0.39 is 11.6 Å². The van der Waals surface area contributed by atoms with Crippen molar-refractivity contribution in [2.24, 2.45) is 0 Å². The van der Waals surface area contributed by atoms with Crippen molar-refractivity contribution in [3.05, 3.63) is 65.1 Å². The summed E-state index contributed by atoms with van der Waals surface area (Å²) in [5, 5.41) is 0. The molecular formula is C36H46BrNO4. The van der Waals surface area contributed by atoms with Gasteiger partial charge in [0.05, 0.1) is 11.4 Å². The predicted molar refractivity (Wildman–Crippen MR) is 175 cm³/mol. The molecule has 0 atom stereocenters. The molecule has 2 aliphatic heterocycles. The second-order valence-electron chi connectivity index (χ2n) is 11.7.